The first kappa shape index (κ1) is 13.4. The fourth-order valence-electron chi connectivity index (χ4n) is 1.46. The van der Waals surface area contributed by atoms with Crippen molar-refractivity contribution in [3.8, 4) is 0 Å². The lowest BCUT2D eigenvalue weighted by Crippen LogP contribution is -2.29. The van der Waals surface area contributed by atoms with E-state index in [9.17, 15) is 19.4 Å². The Bertz CT molecular complexity index is 436. The number of carbonyl (C=O) groups is 1. The Balaban J connectivity index is 3.08. The largest absolute Gasteiger partial charge is 0.467 e. The van der Waals surface area contributed by atoms with Gasteiger partial charge in [0.1, 0.15) is 11.9 Å². The van der Waals surface area contributed by atoms with E-state index in [2.05, 4.69) is 4.74 Å². The van der Waals surface area contributed by atoms with Crippen LogP contribution in [0.5, 0.6) is 0 Å². The van der Waals surface area contributed by atoms with Crippen LogP contribution in [0.1, 0.15) is 17.2 Å². The minimum atomic E-state index is -1.76. The van der Waals surface area contributed by atoms with Crippen molar-refractivity contribution in [3.05, 3.63) is 29.1 Å². The van der Waals surface area contributed by atoms with Gasteiger partial charge >= 0.3 is 5.97 Å². The van der Waals surface area contributed by atoms with Crippen LogP contribution in [-0.4, -0.2) is 29.4 Å². The number of methoxy groups -OCH3 is 1. The molecule has 1 rings (SSSR count). The van der Waals surface area contributed by atoms with E-state index in [4.69, 9.17) is 5.73 Å². The Morgan fingerprint density at radius 2 is 2.06 bits per heavy atom. The number of anilines is 1. The molecule has 0 aliphatic heterocycles. The van der Waals surface area contributed by atoms with Gasteiger partial charge in [0.2, 0.25) is 0 Å². The van der Waals surface area contributed by atoms with Gasteiger partial charge in [0, 0.05) is 0 Å². The molecule has 1 aromatic rings. The predicted octanol–water partition coefficient (Wildman–Crippen LogP) is 0.284. The molecule has 0 bridgehead atoms. The number of nitrogens with two attached hydrogens (primary N) is 1. The highest BCUT2D eigenvalue weighted by Gasteiger charge is 2.28. The highest BCUT2D eigenvalue weighted by molar-refractivity contribution is 5.75. The minimum absolute atomic E-state index is 0.0639. The molecule has 94 valence electrons. The Morgan fingerprint density at radius 3 is 2.59 bits per heavy atom. The van der Waals surface area contributed by atoms with Crippen molar-refractivity contribution in [2.24, 2.45) is 0 Å². The fraction of sp³-hybridized carbons (Fsp3) is 0.364. The second-order valence-electron chi connectivity index (χ2n) is 3.64. The van der Waals surface area contributed by atoms with Gasteiger partial charge in [-0.15, -0.1) is 0 Å². The third-order valence-electron chi connectivity index (χ3n) is 2.45. The van der Waals surface area contributed by atoms with Crippen LogP contribution >= 0.6 is 0 Å². The molecule has 0 heterocycles. The topological polar surface area (TPSA) is 92.8 Å². The molecule has 1 aromatic carbocycles. The molecule has 0 saturated heterocycles. The minimum Gasteiger partial charge on any atom is -0.467 e. The van der Waals surface area contributed by atoms with Crippen LogP contribution in [-0.2, 0) is 9.53 Å². The van der Waals surface area contributed by atoms with Crippen molar-refractivity contribution in [2.75, 3.05) is 12.8 Å². The summed E-state index contributed by atoms with van der Waals surface area (Å²) in [7, 11) is 1.08. The van der Waals surface area contributed by atoms with Gasteiger partial charge in [-0.2, -0.15) is 0 Å². The average Bonchev–Trinajstić information content (AvgIpc) is 2.31. The van der Waals surface area contributed by atoms with E-state index in [-0.39, 0.29) is 11.3 Å². The standard InChI is InChI=1S/C11H14FNO4/c1-5-3-8(13)7(12)4-6(5)9(14)10(15)11(16)17-2/h3-4,9-10,14-15H,13H2,1-2H3. The molecular weight excluding hydrogens is 229 g/mol. The van der Waals surface area contributed by atoms with E-state index >= 15 is 0 Å². The van der Waals surface area contributed by atoms with Crippen LogP contribution in [0.25, 0.3) is 0 Å². The molecule has 0 fully saturated rings. The van der Waals surface area contributed by atoms with E-state index in [1.165, 1.54) is 6.07 Å². The molecule has 2 atom stereocenters. The molecule has 0 aliphatic carbocycles. The first-order chi connectivity index (χ1) is 7.88. The summed E-state index contributed by atoms with van der Waals surface area (Å²) < 4.78 is 17.5. The average molecular weight is 243 g/mol. The SMILES string of the molecule is COC(=O)C(O)C(O)c1cc(F)c(N)cc1C. The van der Waals surface area contributed by atoms with E-state index in [0.717, 1.165) is 13.2 Å². The van der Waals surface area contributed by atoms with E-state index < -0.39 is 24.0 Å². The summed E-state index contributed by atoms with van der Waals surface area (Å²) in [6.07, 6.45) is -3.32. The van der Waals surface area contributed by atoms with Crippen molar-refractivity contribution in [1.82, 2.24) is 0 Å². The van der Waals surface area contributed by atoms with E-state index in [1.54, 1.807) is 6.92 Å². The number of aliphatic hydroxyl groups excluding tert-OH is 2. The highest BCUT2D eigenvalue weighted by Crippen LogP contribution is 2.25. The number of halogens is 1. The Kier molecular flexibility index (Phi) is 4.03. The first-order valence-electron chi connectivity index (χ1n) is 4.88. The summed E-state index contributed by atoms with van der Waals surface area (Å²) in [5.74, 6) is -1.71. The number of esters is 1. The van der Waals surface area contributed by atoms with Gasteiger partial charge in [0.25, 0.3) is 0 Å². The summed E-state index contributed by atoms with van der Waals surface area (Å²) in [5.41, 5.74) is 5.84. The van der Waals surface area contributed by atoms with Crippen LogP contribution < -0.4 is 5.73 Å². The van der Waals surface area contributed by atoms with Crippen molar-refractivity contribution < 1.29 is 24.1 Å². The molecule has 17 heavy (non-hydrogen) atoms. The number of aryl methyl sites for hydroxylation is 1. The number of hydrogen-bond acceptors (Lipinski definition) is 5. The predicted molar refractivity (Wildman–Crippen MR) is 58.5 cm³/mol. The zero-order chi connectivity index (χ0) is 13.2. The smallest absolute Gasteiger partial charge is 0.337 e. The highest BCUT2D eigenvalue weighted by atomic mass is 19.1. The summed E-state index contributed by atoms with van der Waals surface area (Å²) in [4.78, 5) is 11.0. The van der Waals surface area contributed by atoms with Gasteiger partial charge in [0.15, 0.2) is 6.10 Å². The van der Waals surface area contributed by atoms with Crippen molar-refractivity contribution >= 4 is 11.7 Å². The third kappa shape index (κ3) is 2.72. The first-order valence-corrected chi connectivity index (χ1v) is 4.88. The second kappa shape index (κ2) is 5.11. The molecule has 0 amide bonds. The monoisotopic (exact) mass is 243 g/mol. The lowest BCUT2D eigenvalue weighted by molar-refractivity contribution is -0.156. The van der Waals surface area contributed by atoms with Crippen molar-refractivity contribution in [1.29, 1.82) is 0 Å². The van der Waals surface area contributed by atoms with Crippen LogP contribution in [0.2, 0.25) is 0 Å². The number of ether oxygens (including phenoxy) is 1. The molecule has 0 radical (unpaired) electrons. The molecule has 0 aliphatic rings. The van der Waals surface area contributed by atoms with Crippen LogP contribution in [0.3, 0.4) is 0 Å². The fourth-order valence-corrected chi connectivity index (χ4v) is 1.46. The molecule has 6 heteroatoms. The number of hydrogen-bond donors (Lipinski definition) is 3. The molecule has 0 saturated carbocycles. The number of carbonyl (C=O) groups excluding carboxylic acids is 1. The Hall–Kier alpha value is -1.66. The summed E-state index contributed by atoms with van der Waals surface area (Å²) in [6.45, 7) is 1.58. The number of benzene rings is 1. The number of aliphatic hydroxyl groups is 2. The lowest BCUT2D eigenvalue weighted by atomic mass is 9.98. The van der Waals surface area contributed by atoms with Gasteiger partial charge in [-0.05, 0) is 30.2 Å². The van der Waals surface area contributed by atoms with Crippen molar-refractivity contribution in [3.63, 3.8) is 0 Å². The maximum absolute atomic E-state index is 13.2. The summed E-state index contributed by atoms with van der Waals surface area (Å²) in [6, 6.07) is 2.30. The normalized spacial score (nSPS) is 14.2. The van der Waals surface area contributed by atoms with E-state index in [1.807, 2.05) is 0 Å². The maximum Gasteiger partial charge on any atom is 0.337 e. The molecule has 5 nitrogen and oxygen atoms in total. The second-order valence-corrected chi connectivity index (χ2v) is 3.64. The zero-order valence-corrected chi connectivity index (χ0v) is 9.48. The van der Waals surface area contributed by atoms with Crippen molar-refractivity contribution in [2.45, 2.75) is 19.1 Å². The van der Waals surface area contributed by atoms with Gasteiger partial charge in [-0.25, -0.2) is 9.18 Å². The zero-order valence-electron chi connectivity index (χ0n) is 9.48. The maximum atomic E-state index is 13.2. The summed E-state index contributed by atoms with van der Waals surface area (Å²) >= 11 is 0. The Labute approximate surface area is 97.6 Å². The van der Waals surface area contributed by atoms with Crippen LogP contribution in [0, 0.1) is 12.7 Å². The molecule has 0 aromatic heterocycles. The van der Waals surface area contributed by atoms with Gasteiger partial charge in [-0.3, -0.25) is 0 Å². The molecule has 4 N–H and O–H groups in total. The molecular formula is C11H14FNO4. The molecule has 2 unspecified atom stereocenters. The van der Waals surface area contributed by atoms with Gasteiger partial charge in [0.05, 0.1) is 12.8 Å². The van der Waals surface area contributed by atoms with E-state index in [0.29, 0.717) is 5.56 Å². The quantitative estimate of drug-likeness (QED) is 0.524. The molecule has 0 spiro atoms. The number of rotatable bonds is 3. The lowest BCUT2D eigenvalue weighted by Gasteiger charge is -2.18. The Morgan fingerprint density at radius 1 is 1.47 bits per heavy atom. The summed E-state index contributed by atoms with van der Waals surface area (Å²) in [5, 5.41) is 19.2. The number of nitrogen functional groups attached to an aromatic ring is 1. The van der Waals surface area contributed by atoms with Gasteiger partial charge < -0.3 is 20.7 Å². The van der Waals surface area contributed by atoms with Crippen LogP contribution in [0.4, 0.5) is 10.1 Å². The third-order valence-corrected chi connectivity index (χ3v) is 2.45. The van der Waals surface area contributed by atoms with Gasteiger partial charge in [-0.1, -0.05) is 0 Å². The van der Waals surface area contributed by atoms with Crippen LogP contribution in [0.15, 0.2) is 12.1 Å².